The van der Waals surface area contributed by atoms with Gasteiger partial charge in [0.1, 0.15) is 18.4 Å². The van der Waals surface area contributed by atoms with Crippen LogP contribution < -0.4 is 10.5 Å². The van der Waals surface area contributed by atoms with Crippen LogP contribution in [0, 0.1) is 5.41 Å². The van der Waals surface area contributed by atoms with Gasteiger partial charge in [-0.15, -0.1) is 0 Å². The number of likely N-dealkylation sites (tertiary alicyclic amines) is 1. The monoisotopic (exact) mass is 473 g/mol. The lowest BCUT2D eigenvalue weighted by Crippen LogP contribution is -2.35. The number of aromatic nitrogens is 2. The number of nitrogens with zero attached hydrogens (tertiary/aromatic N) is 3. The molecule has 0 aliphatic carbocycles. The maximum Gasteiger partial charge on any atom is 0.416 e. The summed E-state index contributed by atoms with van der Waals surface area (Å²) in [6.07, 6.45) is -1.04. The molecule has 1 aromatic heterocycles. The van der Waals surface area contributed by atoms with Gasteiger partial charge in [-0.05, 0) is 60.7 Å². The van der Waals surface area contributed by atoms with Gasteiger partial charge in [0.2, 0.25) is 11.7 Å². The van der Waals surface area contributed by atoms with E-state index in [-0.39, 0.29) is 18.6 Å². The second kappa shape index (κ2) is 9.74. The Morgan fingerprint density at radius 1 is 1.24 bits per heavy atom. The number of hydrogen-bond donors (Lipinski definition) is 2. The highest BCUT2D eigenvalue weighted by Gasteiger charge is 2.32. The Morgan fingerprint density at radius 2 is 2.00 bits per heavy atom. The first-order valence-electron chi connectivity index (χ1n) is 11.1. The zero-order chi connectivity index (χ0) is 24.3. The third-order valence-corrected chi connectivity index (χ3v) is 5.80. The summed E-state index contributed by atoms with van der Waals surface area (Å²) in [5.74, 6) is 1.52. The summed E-state index contributed by atoms with van der Waals surface area (Å²) in [7, 11) is 0. The fraction of sp³-hybridized carbons (Fsp3) is 0.375. The van der Waals surface area contributed by atoms with E-state index in [9.17, 15) is 13.2 Å². The topological polar surface area (TPSA) is 101 Å². The maximum absolute atomic E-state index is 12.8. The summed E-state index contributed by atoms with van der Waals surface area (Å²) in [6, 6.07) is 10.3. The molecule has 180 valence electrons. The van der Waals surface area contributed by atoms with Crippen molar-refractivity contribution in [2.45, 2.75) is 51.4 Å². The molecule has 2 heterocycles. The molecule has 7 nitrogen and oxygen atoms in total. The summed E-state index contributed by atoms with van der Waals surface area (Å²) >= 11 is 0. The minimum atomic E-state index is -4.36. The van der Waals surface area contributed by atoms with Gasteiger partial charge in [0.05, 0.1) is 5.56 Å². The van der Waals surface area contributed by atoms with Crippen LogP contribution in [0.2, 0.25) is 0 Å². The lowest BCUT2D eigenvalue weighted by atomic mass is 10.0. The Kier molecular flexibility index (Phi) is 6.76. The Labute approximate surface area is 195 Å². The van der Waals surface area contributed by atoms with Gasteiger partial charge in [0.15, 0.2) is 5.96 Å². The second-order valence-corrected chi connectivity index (χ2v) is 8.25. The maximum atomic E-state index is 12.8. The molecule has 1 aliphatic rings. The van der Waals surface area contributed by atoms with E-state index in [4.69, 9.17) is 20.4 Å². The van der Waals surface area contributed by atoms with E-state index in [0.717, 1.165) is 48.9 Å². The van der Waals surface area contributed by atoms with Crippen molar-refractivity contribution in [3.05, 3.63) is 65.0 Å². The smallest absolute Gasteiger partial charge is 0.416 e. The van der Waals surface area contributed by atoms with E-state index in [1.54, 1.807) is 4.90 Å². The standard InChI is InChI=1S/C24H26F3N5O2/c1-2-4-16-13-17(21-30-22(34-31-21)19-5-3-12-32(19)23(28)29)8-11-20(16)33-14-15-6-9-18(10-7-15)24(25,26)27/h6-11,13,19H,2-5,12,14H2,1H3,(H3,28,29)/t19-/m0/s1. The van der Waals surface area contributed by atoms with Crippen molar-refractivity contribution in [3.63, 3.8) is 0 Å². The minimum absolute atomic E-state index is 0.0120. The molecule has 0 unspecified atom stereocenters. The largest absolute Gasteiger partial charge is 0.489 e. The number of alkyl halides is 3. The van der Waals surface area contributed by atoms with Crippen molar-refractivity contribution in [1.82, 2.24) is 15.0 Å². The molecule has 0 amide bonds. The minimum Gasteiger partial charge on any atom is -0.489 e. The van der Waals surface area contributed by atoms with Gasteiger partial charge < -0.3 is 19.9 Å². The van der Waals surface area contributed by atoms with Crippen LogP contribution in [-0.2, 0) is 19.2 Å². The number of benzene rings is 2. The number of nitrogens with one attached hydrogen (secondary N) is 1. The zero-order valence-corrected chi connectivity index (χ0v) is 18.7. The van der Waals surface area contributed by atoms with Crippen LogP contribution in [0.5, 0.6) is 5.75 Å². The van der Waals surface area contributed by atoms with Crippen molar-refractivity contribution >= 4 is 5.96 Å². The fourth-order valence-corrected chi connectivity index (χ4v) is 4.07. The molecule has 3 aromatic rings. The Bertz CT molecular complexity index is 1140. The molecular formula is C24H26F3N5O2. The number of halogens is 3. The Morgan fingerprint density at radius 3 is 2.68 bits per heavy atom. The molecule has 34 heavy (non-hydrogen) atoms. The molecule has 1 atom stereocenters. The van der Waals surface area contributed by atoms with Crippen molar-refractivity contribution in [1.29, 1.82) is 5.41 Å². The molecule has 0 radical (unpaired) electrons. The van der Waals surface area contributed by atoms with E-state index in [0.29, 0.717) is 29.6 Å². The predicted molar refractivity (Wildman–Crippen MR) is 120 cm³/mol. The van der Waals surface area contributed by atoms with Gasteiger partial charge in [-0.2, -0.15) is 18.2 Å². The first-order valence-corrected chi connectivity index (χ1v) is 11.1. The molecule has 10 heteroatoms. The van der Waals surface area contributed by atoms with E-state index in [2.05, 4.69) is 17.1 Å². The number of rotatable bonds is 7. The quantitative estimate of drug-likeness (QED) is 0.356. The normalized spacial score (nSPS) is 16.1. The molecule has 1 fully saturated rings. The summed E-state index contributed by atoms with van der Waals surface area (Å²) in [5.41, 5.74) is 7.35. The van der Waals surface area contributed by atoms with Crippen LogP contribution in [0.25, 0.3) is 11.4 Å². The summed E-state index contributed by atoms with van der Waals surface area (Å²) in [5, 5.41) is 11.9. The summed E-state index contributed by atoms with van der Waals surface area (Å²) in [4.78, 5) is 6.29. The fourth-order valence-electron chi connectivity index (χ4n) is 4.07. The predicted octanol–water partition coefficient (Wildman–Crippen LogP) is 5.32. The van der Waals surface area contributed by atoms with Gasteiger partial charge in [0.25, 0.3) is 0 Å². The van der Waals surface area contributed by atoms with Crippen molar-refractivity contribution in [2.75, 3.05) is 6.54 Å². The molecule has 0 saturated carbocycles. The van der Waals surface area contributed by atoms with Crippen LogP contribution in [-0.4, -0.2) is 27.5 Å². The van der Waals surface area contributed by atoms with Crippen LogP contribution in [0.1, 0.15) is 54.8 Å². The second-order valence-electron chi connectivity index (χ2n) is 8.25. The van der Waals surface area contributed by atoms with E-state index < -0.39 is 11.7 Å². The Hall–Kier alpha value is -3.56. The third kappa shape index (κ3) is 5.16. The summed E-state index contributed by atoms with van der Waals surface area (Å²) < 4.78 is 49.7. The highest BCUT2D eigenvalue weighted by Crippen LogP contribution is 2.33. The molecule has 3 N–H and O–H groups in total. The van der Waals surface area contributed by atoms with Crippen LogP contribution >= 0.6 is 0 Å². The van der Waals surface area contributed by atoms with Gasteiger partial charge in [-0.1, -0.05) is 30.6 Å². The Balaban J connectivity index is 1.50. The lowest BCUT2D eigenvalue weighted by molar-refractivity contribution is -0.137. The van der Waals surface area contributed by atoms with E-state index >= 15 is 0 Å². The number of nitrogens with two attached hydrogens (primary N) is 1. The van der Waals surface area contributed by atoms with Crippen LogP contribution in [0.3, 0.4) is 0 Å². The van der Waals surface area contributed by atoms with Crippen LogP contribution in [0.4, 0.5) is 13.2 Å². The highest BCUT2D eigenvalue weighted by atomic mass is 19.4. The molecule has 0 bridgehead atoms. The first kappa shape index (κ1) is 23.6. The number of hydrogen-bond acceptors (Lipinski definition) is 5. The average Bonchev–Trinajstić information content (AvgIpc) is 3.48. The van der Waals surface area contributed by atoms with Crippen LogP contribution in [0.15, 0.2) is 47.0 Å². The molecule has 1 saturated heterocycles. The van der Waals surface area contributed by atoms with Gasteiger partial charge in [-0.3, -0.25) is 5.41 Å². The lowest BCUT2D eigenvalue weighted by Gasteiger charge is -2.21. The summed E-state index contributed by atoms with van der Waals surface area (Å²) in [6.45, 7) is 2.89. The molecular weight excluding hydrogens is 447 g/mol. The van der Waals surface area contributed by atoms with Gasteiger partial charge in [0, 0.05) is 12.1 Å². The SMILES string of the molecule is CCCc1cc(-c2noc([C@@H]3CCCN3C(=N)N)n2)ccc1OCc1ccc(C(F)(F)F)cc1. The average molecular weight is 473 g/mol. The number of ether oxygens (including phenoxy) is 1. The van der Waals surface area contributed by atoms with E-state index in [1.807, 2.05) is 18.2 Å². The molecule has 0 spiro atoms. The molecule has 4 rings (SSSR count). The molecule has 1 aliphatic heterocycles. The zero-order valence-electron chi connectivity index (χ0n) is 18.7. The van der Waals surface area contributed by atoms with Crippen molar-refractivity contribution in [2.24, 2.45) is 5.73 Å². The third-order valence-electron chi connectivity index (χ3n) is 5.80. The highest BCUT2D eigenvalue weighted by molar-refractivity contribution is 5.75. The molecule has 2 aromatic carbocycles. The van der Waals surface area contributed by atoms with E-state index in [1.165, 1.54) is 12.1 Å². The van der Waals surface area contributed by atoms with Gasteiger partial charge in [-0.25, -0.2) is 0 Å². The number of guanidine groups is 1. The van der Waals surface area contributed by atoms with Crippen molar-refractivity contribution in [3.8, 4) is 17.1 Å². The van der Waals surface area contributed by atoms with Crippen molar-refractivity contribution < 1.29 is 22.4 Å². The van der Waals surface area contributed by atoms with Gasteiger partial charge >= 0.3 is 6.18 Å². The number of aryl methyl sites for hydroxylation is 1. The first-order chi connectivity index (χ1) is 16.3.